The van der Waals surface area contributed by atoms with E-state index in [1.165, 1.54) is 0 Å². The lowest BCUT2D eigenvalue weighted by atomic mass is 10.4. The highest BCUT2D eigenvalue weighted by Gasteiger charge is 2.07. The summed E-state index contributed by atoms with van der Waals surface area (Å²) in [6.07, 6.45) is -1.61. The van der Waals surface area contributed by atoms with Crippen LogP contribution < -0.4 is 10.5 Å². The lowest BCUT2D eigenvalue weighted by Gasteiger charge is -2.06. The third-order valence-electron chi connectivity index (χ3n) is 1.23. The van der Waals surface area contributed by atoms with Crippen molar-refractivity contribution < 1.29 is 17.9 Å². The van der Waals surface area contributed by atoms with Crippen LogP contribution in [0, 0.1) is 5.95 Å². The molecule has 0 aliphatic carbocycles. The number of alkyl halides is 2. The average Bonchev–Trinajstić information content (AvgIpc) is 2.06. The Kier molecular flexibility index (Phi) is 2.94. The second-order valence-corrected chi connectivity index (χ2v) is 2.25. The summed E-state index contributed by atoms with van der Waals surface area (Å²) in [5, 5.41) is 0. The molecule has 0 spiro atoms. The molecule has 13 heavy (non-hydrogen) atoms. The van der Waals surface area contributed by atoms with E-state index in [1.807, 2.05) is 0 Å². The van der Waals surface area contributed by atoms with Crippen LogP contribution in [0.3, 0.4) is 0 Å². The molecule has 2 N–H and O–H groups in total. The van der Waals surface area contributed by atoms with E-state index in [9.17, 15) is 13.2 Å². The first-order valence-corrected chi connectivity index (χ1v) is 3.41. The maximum Gasteiger partial charge on any atom is 0.272 e. The van der Waals surface area contributed by atoms with Gasteiger partial charge in [0, 0.05) is 6.07 Å². The molecule has 1 aromatic rings. The molecule has 0 aliphatic rings. The molecular formula is C7H7F3N2O. The van der Waals surface area contributed by atoms with Gasteiger partial charge in [0.15, 0.2) is 0 Å². The smallest absolute Gasteiger partial charge is 0.272 e. The van der Waals surface area contributed by atoms with E-state index in [2.05, 4.69) is 9.72 Å². The van der Waals surface area contributed by atoms with Crippen molar-refractivity contribution in [3.8, 4) is 5.75 Å². The van der Waals surface area contributed by atoms with E-state index in [1.54, 1.807) is 0 Å². The van der Waals surface area contributed by atoms with E-state index in [0.29, 0.717) is 0 Å². The van der Waals surface area contributed by atoms with Crippen molar-refractivity contribution in [1.82, 2.24) is 4.98 Å². The Labute approximate surface area is 72.3 Å². The van der Waals surface area contributed by atoms with Gasteiger partial charge in [0.2, 0.25) is 5.95 Å². The monoisotopic (exact) mass is 192 g/mol. The number of halogens is 3. The van der Waals surface area contributed by atoms with Crippen LogP contribution in [-0.4, -0.2) is 18.0 Å². The SMILES string of the molecule is Nc1cnc(F)cc1OCC(F)F. The van der Waals surface area contributed by atoms with Gasteiger partial charge in [-0.2, -0.15) is 4.39 Å². The minimum Gasteiger partial charge on any atom is -0.485 e. The molecular weight excluding hydrogens is 185 g/mol. The number of rotatable bonds is 3. The molecule has 0 aliphatic heterocycles. The van der Waals surface area contributed by atoms with E-state index in [4.69, 9.17) is 5.73 Å². The van der Waals surface area contributed by atoms with Crippen molar-refractivity contribution in [2.24, 2.45) is 0 Å². The Bertz CT molecular complexity index is 293. The van der Waals surface area contributed by atoms with Crippen LogP contribution in [-0.2, 0) is 0 Å². The second kappa shape index (κ2) is 3.97. The molecule has 0 aromatic carbocycles. The average molecular weight is 192 g/mol. The van der Waals surface area contributed by atoms with Gasteiger partial charge in [-0.25, -0.2) is 13.8 Å². The highest BCUT2D eigenvalue weighted by molar-refractivity contribution is 5.49. The van der Waals surface area contributed by atoms with Crippen molar-refractivity contribution >= 4 is 5.69 Å². The van der Waals surface area contributed by atoms with Crippen molar-refractivity contribution in [2.75, 3.05) is 12.3 Å². The Morgan fingerprint density at radius 1 is 1.54 bits per heavy atom. The fraction of sp³-hybridized carbons (Fsp3) is 0.286. The molecule has 0 radical (unpaired) electrons. The van der Waals surface area contributed by atoms with E-state index < -0.39 is 19.0 Å². The van der Waals surface area contributed by atoms with Crippen LogP contribution in [0.15, 0.2) is 12.3 Å². The van der Waals surface area contributed by atoms with Gasteiger partial charge < -0.3 is 10.5 Å². The minimum absolute atomic E-state index is 0.0297. The van der Waals surface area contributed by atoms with Crippen LogP contribution in [0.4, 0.5) is 18.9 Å². The number of nitrogens with zero attached hydrogens (tertiary/aromatic N) is 1. The molecule has 1 heterocycles. The zero-order chi connectivity index (χ0) is 9.84. The summed E-state index contributed by atoms with van der Waals surface area (Å²) in [6.45, 7) is -0.812. The van der Waals surface area contributed by atoms with Gasteiger partial charge in [-0.3, -0.25) is 0 Å². The first kappa shape index (κ1) is 9.63. The molecule has 0 saturated carbocycles. The Morgan fingerprint density at radius 3 is 2.85 bits per heavy atom. The highest BCUT2D eigenvalue weighted by atomic mass is 19.3. The molecule has 1 aromatic heterocycles. The number of hydrogen-bond donors (Lipinski definition) is 1. The summed E-state index contributed by atoms with van der Waals surface area (Å²) in [5.41, 5.74) is 5.31. The lowest BCUT2D eigenvalue weighted by Crippen LogP contribution is -2.08. The summed E-state index contributed by atoms with van der Waals surface area (Å²) in [7, 11) is 0. The third kappa shape index (κ3) is 2.81. The van der Waals surface area contributed by atoms with Gasteiger partial charge in [-0.1, -0.05) is 0 Å². The van der Waals surface area contributed by atoms with Crippen LogP contribution in [0.1, 0.15) is 0 Å². The normalized spacial score (nSPS) is 10.5. The molecule has 0 amide bonds. The predicted molar refractivity (Wildman–Crippen MR) is 40.1 cm³/mol. The van der Waals surface area contributed by atoms with Gasteiger partial charge in [0.05, 0.1) is 11.9 Å². The van der Waals surface area contributed by atoms with E-state index >= 15 is 0 Å². The van der Waals surface area contributed by atoms with E-state index in [0.717, 1.165) is 12.3 Å². The summed E-state index contributed by atoms with van der Waals surface area (Å²) in [5.74, 6) is -0.939. The molecule has 72 valence electrons. The Hall–Kier alpha value is -1.46. The van der Waals surface area contributed by atoms with Crippen molar-refractivity contribution in [3.63, 3.8) is 0 Å². The van der Waals surface area contributed by atoms with Crippen LogP contribution in [0.25, 0.3) is 0 Å². The van der Waals surface area contributed by atoms with Crippen molar-refractivity contribution in [1.29, 1.82) is 0 Å². The largest absolute Gasteiger partial charge is 0.485 e. The van der Waals surface area contributed by atoms with Crippen LogP contribution in [0.2, 0.25) is 0 Å². The number of aromatic nitrogens is 1. The van der Waals surface area contributed by atoms with Crippen molar-refractivity contribution in [3.05, 3.63) is 18.2 Å². The summed E-state index contributed by atoms with van der Waals surface area (Å²) < 4.78 is 40.3. The maximum absolute atomic E-state index is 12.4. The van der Waals surface area contributed by atoms with Gasteiger partial charge in [-0.05, 0) is 0 Å². The summed E-state index contributed by atoms with van der Waals surface area (Å²) in [6, 6.07) is 0.859. The molecule has 0 fully saturated rings. The molecule has 1 rings (SSSR count). The Balaban J connectivity index is 2.70. The molecule has 3 nitrogen and oxygen atoms in total. The fourth-order valence-corrected chi connectivity index (χ4v) is 0.701. The standard InChI is InChI=1S/C7H7F3N2O/c8-6(9)3-13-5-1-7(10)12-2-4(5)11/h1-2,6H,3,11H2. The first-order chi connectivity index (χ1) is 6.09. The molecule has 0 bridgehead atoms. The topological polar surface area (TPSA) is 48.1 Å². The summed E-state index contributed by atoms with van der Waals surface area (Å²) >= 11 is 0. The maximum atomic E-state index is 12.4. The van der Waals surface area contributed by atoms with Gasteiger partial charge >= 0.3 is 0 Å². The highest BCUT2D eigenvalue weighted by Crippen LogP contribution is 2.20. The van der Waals surface area contributed by atoms with Gasteiger partial charge in [0.1, 0.15) is 12.4 Å². The summed E-state index contributed by atoms with van der Waals surface area (Å²) in [4.78, 5) is 3.21. The van der Waals surface area contributed by atoms with Crippen LogP contribution >= 0.6 is 0 Å². The molecule has 0 unspecified atom stereocenters. The van der Waals surface area contributed by atoms with Gasteiger partial charge in [0.25, 0.3) is 6.43 Å². The predicted octanol–water partition coefficient (Wildman–Crippen LogP) is 1.45. The molecule has 0 atom stereocenters. The van der Waals surface area contributed by atoms with Crippen LogP contribution in [0.5, 0.6) is 5.75 Å². The van der Waals surface area contributed by atoms with Crippen molar-refractivity contribution in [2.45, 2.75) is 6.43 Å². The number of anilines is 1. The quantitative estimate of drug-likeness (QED) is 0.737. The lowest BCUT2D eigenvalue weighted by molar-refractivity contribution is 0.0820. The second-order valence-electron chi connectivity index (χ2n) is 2.25. The third-order valence-corrected chi connectivity index (χ3v) is 1.23. The molecule has 6 heteroatoms. The van der Waals surface area contributed by atoms with E-state index in [-0.39, 0.29) is 11.4 Å². The zero-order valence-corrected chi connectivity index (χ0v) is 6.51. The number of nitrogens with two attached hydrogens (primary N) is 1. The number of nitrogen functional groups attached to an aromatic ring is 1. The Morgan fingerprint density at radius 2 is 2.23 bits per heavy atom. The molecule has 0 saturated heterocycles. The fourth-order valence-electron chi connectivity index (χ4n) is 0.701. The first-order valence-electron chi connectivity index (χ1n) is 3.41. The number of ether oxygens (including phenoxy) is 1. The minimum atomic E-state index is -2.62. The van der Waals surface area contributed by atoms with Gasteiger partial charge in [-0.15, -0.1) is 0 Å². The number of hydrogen-bond acceptors (Lipinski definition) is 3. The zero-order valence-electron chi connectivity index (χ0n) is 6.51. The number of pyridine rings is 1.